The second-order valence-corrected chi connectivity index (χ2v) is 9.12. The van der Waals surface area contributed by atoms with Crippen molar-refractivity contribution in [3.05, 3.63) is 65.7 Å². The third-order valence-electron chi connectivity index (χ3n) is 4.79. The number of carbonyl (C=O) groups is 2. The Morgan fingerprint density at radius 1 is 1.16 bits per heavy atom. The largest absolute Gasteiger partial charge is 0.480 e. The molecule has 9 heteroatoms. The summed E-state index contributed by atoms with van der Waals surface area (Å²) in [4.78, 5) is 22.2. The van der Waals surface area contributed by atoms with Gasteiger partial charge in [-0.15, -0.1) is 0 Å². The first-order valence-corrected chi connectivity index (χ1v) is 11.6. The van der Waals surface area contributed by atoms with Gasteiger partial charge in [0.25, 0.3) is 0 Å². The van der Waals surface area contributed by atoms with Crippen LogP contribution in [0.3, 0.4) is 0 Å². The average Bonchev–Trinajstić information content (AvgIpc) is 2.92. The quantitative estimate of drug-likeness (QED) is 0.530. The number of nitrogens with two attached hydrogens (primary N) is 1. The summed E-state index contributed by atoms with van der Waals surface area (Å²) in [5.74, 6) is -1.20. The van der Waals surface area contributed by atoms with E-state index < -0.39 is 22.0 Å². The lowest BCUT2D eigenvalue weighted by Gasteiger charge is -2.15. The van der Waals surface area contributed by atoms with Crippen molar-refractivity contribution in [1.82, 2.24) is 10.0 Å². The van der Waals surface area contributed by atoms with Crippen LogP contribution in [0.25, 0.3) is 0 Å². The summed E-state index contributed by atoms with van der Waals surface area (Å²) in [6.45, 7) is 2.64. The van der Waals surface area contributed by atoms with Crippen molar-refractivity contribution in [2.75, 3.05) is 6.54 Å². The fourth-order valence-corrected chi connectivity index (χ4v) is 4.15. The van der Waals surface area contributed by atoms with Crippen LogP contribution in [0.2, 0.25) is 0 Å². The molecule has 5 N–H and O–H groups in total. The maximum absolute atomic E-state index is 12.3. The van der Waals surface area contributed by atoms with E-state index in [1.165, 1.54) is 12.1 Å². The number of amides is 1. The molecule has 2 aromatic carbocycles. The van der Waals surface area contributed by atoms with Crippen LogP contribution in [-0.2, 0) is 26.0 Å². The second kappa shape index (κ2) is 11.6. The highest BCUT2D eigenvalue weighted by Gasteiger charge is 2.25. The fourth-order valence-electron chi connectivity index (χ4n) is 2.96. The summed E-state index contributed by atoms with van der Waals surface area (Å²) in [6.07, 6.45) is 3.06. The first kappa shape index (κ1) is 24.5. The Morgan fingerprint density at radius 2 is 1.81 bits per heavy atom. The number of carboxylic acids is 1. The third-order valence-corrected chi connectivity index (χ3v) is 6.27. The normalized spacial score (nSPS) is 17.5. The molecule has 0 radical (unpaired) electrons. The number of rotatable bonds is 6. The molecule has 1 amide bonds. The number of sulfonamides is 1. The number of benzene rings is 2. The highest BCUT2D eigenvalue weighted by molar-refractivity contribution is 7.89. The summed E-state index contributed by atoms with van der Waals surface area (Å²) in [7, 11) is -3.87. The summed E-state index contributed by atoms with van der Waals surface area (Å²) < 4.78 is 26.8. The van der Waals surface area contributed by atoms with Crippen LogP contribution in [0.5, 0.6) is 0 Å². The van der Waals surface area contributed by atoms with Gasteiger partial charge in [-0.3, -0.25) is 9.59 Å². The van der Waals surface area contributed by atoms with Gasteiger partial charge in [0, 0.05) is 6.54 Å². The van der Waals surface area contributed by atoms with Crippen LogP contribution in [0, 0.1) is 6.92 Å². The number of carboxylic acid groups (broad SMARTS) is 1. The van der Waals surface area contributed by atoms with Gasteiger partial charge in [0.15, 0.2) is 0 Å². The molecule has 0 saturated carbocycles. The predicted molar refractivity (Wildman–Crippen MR) is 118 cm³/mol. The molecule has 3 rings (SSSR count). The summed E-state index contributed by atoms with van der Waals surface area (Å²) in [5.41, 5.74) is 7.15. The molecule has 0 aromatic heterocycles. The van der Waals surface area contributed by atoms with E-state index in [1.807, 2.05) is 13.0 Å². The molecule has 168 valence electrons. The number of hydrogen-bond acceptors (Lipinski definition) is 5. The van der Waals surface area contributed by atoms with Gasteiger partial charge in [0.1, 0.15) is 6.04 Å². The van der Waals surface area contributed by atoms with E-state index in [-0.39, 0.29) is 23.3 Å². The number of carbonyl (C=O) groups excluding carboxylic acids is 1. The molecule has 2 atom stereocenters. The fraction of sp³-hybridized carbons (Fsp3) is 0.364. The lowest BCUT2D eigenvalue weighted by molar-refractivity contribution is -0.139. The SMILES string of the molecule is Cc1ccc(S(=O)(=O)N[C@@H](Cc2ccccc2)C(=O)O)cc1.N[C@H]1CCCCNC1=O. The molecule has 8 nitrogen and oxygen atoms in total. The van der Waals surface area contributed by atoms with Gasteiger partial charge in [-0.1, -0.05) is 48.0 Å². The van der Waals surface area contributed by atoms with E-state index in [4.69, 9.17) is 5.73 Å². The van der Waals surface area contributed by atoms with Crippen molar-refractivity contribution >= 4 is 21.9 Å². The number of nitrogens with one attached hydrogen (secondary N) is 2. The first-order valence-electron chi connectivity index (χ1n) is 10.1. The monoisotopic (exact) mass is 447 g/mol. The van der Waals surface area contributed by atoms with Crippen LogP contribution in [-0.4, -0.2) is 44.0 Å². The lowest BCUT2D eigenvalue weighted by Crippen LogP contribution is -2.42. The molecule has 2 aromatic rings. The number of aliphatic carboxylic acids is 1. The topological polar surface area (TPSA) is 139 Å². The van der Waals surface area contributed by atoms with Crippen molar-refractivity contribution in [1.29, 1.82) is 0 Å². The van der Waals surface area contributed by atoms with E-state index >= 15 is 0 Å². The molecule has 1 heterocycles. The Balaban J connectivity index is 0.000000316. The van der Waals surface area contributed by atoms with Gasteiger partial charge in [-0.25, -0.2) is 8.42 Å². The molecule has 1 saturated heterocycles. The molecular formula is C22H29N3O5S. The third kappa shape index (κ3) is 8.12. The smallest absolute Gasteiger partial charge is 0.322 e. The van der Waals surface area contributed by atoms with Gasteiger partial charge in [0.2, 0.25) is 15.9 Å². The first-order chi connectivity index (χ1) is 14.7. The van der Waals surface area contributed by atoms with E-state index in [2.05, 4.69) is 10.0 Å². The van der Waals surface area contributed by atoms with Crippen molar-refractivity contribution in [3.8, 4) is 0 Å². The standard InChI is InChI=1S/C16H17NO4S.C6H12N2O/c1-12-7-9-14(10-8-12)22(20,21)17-15(16(18)19)11-13-5-3-2-4-6-13;7-5-3-1-2-4-8-6(5)9/h2-10,15,17H,11H2,1H3,(H,18,19);5H,1-4,7H2,(H,8,9)/t15-;5-/m00/s1. The van der Waals surface area contributed by atoms with Crippen LogP contribution < -0.4 is 15.8 Å². The van der Waals surface area contributed by atoms with Gasteiger partial charge in [-0.05, 0) is 50.3 Å². The predicted octanol–water partition coefficient (Wildman–Crippen LogP) is 1.58. The summed E-state index contributed by atoms with van der Waals surface area (Å²) in [6, 6.07) is 13.7. The van der Waals surface area contributed by atoms with Crippen molar-refractivity contribution in [2.45, 2.75) is 49.6 Å². The average molecular weight is 448 g/mol. The van der Waals surface area contributed by atoms with E-state index in [0.717, 1.165) is 36.9 Å². The summed E-state index contributed by atoms with van der Waals surface area (Å²) >= 11 is 0. The lowest BCUT2D eigenvalue weighted by atomic mass is 10.1. The number of aryl methyl sites for hydroxylation is 1. The van der Waals surface area contributed by atoms with Crippen LogP contribution in [0.4, 0.5) is 0 Å². The van der Waals surface area contributed by atoms with Crippen molar-refractivity contribution < 1.29 is 23.1 Å². The summed E-state index contributed by atoms with van der Waals surface area (Å²) in [5, 5.41) is 12.0. The maximum atomic E-state index is 12.3. The van der Waals surface area contributed by atoms with Gasteiger partial charge >= 0.3 is 5.97 Å². The molecule has 1 fully saturated rings. The van der Waals surface area contributed by atoms with Gasteiger partial charge in [-0.2, -0.15) is 4.72 Å². The van der Waals surface area contributed by atoms with Gasteiger partial charge in [0.05, 0.1) is 10.9 Å². The highest BCUT2D eigenvalue weighted by Crippen LogP contribution is 2.12. The molecular weight excluding hydrogens is 418 g/mol. The van der Waals surface area contributed by atoms with Gasteiger partial charge < -0.3 is 16.2 Å². The van der Waals surface area contributed by atoms with Crippen molar-refractivity contribution in [3.63, 3.8) is 0 Å². The minimum absolute atomic E-state index is 0.00694. The minimum Gasteiger partial charge on any atom is -0.480 e. The zero-order valence-corrected chi connectivity index (χ0v) is 18.3. The molecule has 0 aliphatic carbocycles. The number of hydrogen-bond donors (Lipinski definition) is 4. The molecule has 1 aliphatic rings. The Morgan fingerprint density at radius 3 is 2.42 bits per heavy atom. The van der Waals surface area contributed by atoms with Crippen LogP contribution >= 0.6 is 0 Å². The Labute approximate surface area is 182 Å². The molecule has 0 spiro atoms. The zero-order valence-electron chi connectivity index (χ0n) is 17.5. The highest BCUT2D eigenvalue weighted by atomic mass is 32.2. The van der Waals surface area contributed by atoms with Crippen molar-refractivity contribution in [2.24, 2.45) is 5.73 Å². The molecule has 0 bridgehead atoms. The Bertz CT molecular complexity index is 962. The Hall–Kier alpha value is -2.75. The van der Waals surface area contributed by atoms with E-state index in [0.29, 0.717) is 0 Å². The maximum Gasteiger partial charge on any atom is 0.322 e. The zero-order chi connectivity index (χ0) is 22.9. The minimum atomic E-state index is -3.87. The molecule has 31 heavy (non-hydrogen) atoms. The van der Waals surface area contributed by atoms with E-state index in [1.54, 1.807) is 36.4 Å². The second-order valence-electron chi connectivity index (χ2n) is 7.41. The molecule has 1 aliphatic heterocycles. The van der Waals surface area contributed by atoms with Crippen LogP contribution in [0.15, 0.2) is 59.5 Å². The molecule has 0 unspecified atom stereocenters. The van der Waals surface area contributed by atoms with E-state index in [9.17, 15) is 23.1 Å². The van der Waals surface area contributed by atoms with Crippen LogP contribution in [0.1, 0.15) is 30.4 Å². The Kier molecular flexibility index (Phi) is 9.17.